The van der Waals surface area contributed by atoms with Crippen LogP contribution in [0.5, 0.6) is 0 Å². The van der Waals surface area contributed by atoms with Crippen LogP contribution in [0.4, 0.5) is 0 Å². The maximum atomic E-state index is 11.8. The molecule has 0 saturated heterocycles. The Morgan fingerprint density at radius 2 is 2.17 bits per heavy atom. The first kappa shape index (κ1) is 15.7. The summed E-state index contributed by atoms with van der Waals surface area (Å²) in [7, 11) is 1.44. The summed E-state index contributed by atoms with van der Waals surface area (Å²) in [6.07, 6.45) is 0.938. The average molecular weight is 334 g/mol. The van der Waals surface area contributed by atoms with Crippen LogP contribution in [0.1, 0.15) is 38.1 Å². The summed E-state index contributed by atoms with van der Waals surface area (Å²) in [4.78, 5) is 13.0. The smallest absolute Gasteiger partial charge is 0.323 e. The van der Waals surface area contributed by atoms with Gasteiger partial charge in [-0.25, -0.2) is 0 Å². The molecule has 1 rings (SSSR count). The van der Waals surface area contributed by atoms with Crippen LogP contribution in [0.25, 0.3) is 0 Å². The van der Waals surface area contributed by atoms with E-state index in [9.17, 15) is 4.79 Å². The van der Waals surface area contributed by atoms with Crippen molar-refractivity contribution in [2.75, 3.05) is 7.11 Å². The third-order valence-corrected chi connectivity index (χ3v) is 4.92. The minimum Gasteiger partial charge on any atom is -0.468 e. The lowest BCUT2D eigenvalue weighted by molar-refractivity contribution is -0.144. The number of ether oxygens (including phenoxy) is 1. The Morgan fingerprint density at radius 1 is 1.50 bits per heavy atom. The molecule has 3 atom stereocenters. The molecule has 1 aromatic heterocycles. The molecule has 0 bridgehead atoms. The van der Waals surface area contributed by atoms with Gasteiger partial charge >= 0.3 is 5.97 Å². The quantitative estimate of drug-likeness (QED) is 0.805. The fourth-order valence-electron chi connectivity index (χ4n) is 1.74. The summed E-state index contributed by atoms with van der Waals surface area (Å²) >= 11 is 5.13. The fraction of sp³-hybridized carbons (Fsp3) is 0.615. The number of thiophene rings is 1. The highest BCUT2D eigenvalue weighted by atomic mass is 79.9. The van der Waals surface area contributed by atoms with Gasteiger partial charge in [0.1, 0.15) is 6.04 Å². The Balaban J connectivity index is 2.74. The summed E-state index contributed by atoms with van der Waals surface area (Å²) in [5.41, 5.74) is 0. The SMILES string of the molecule is CCC(C)C(NC(C)c1ccc(Br)s1)C(=O)OC. The average Bonchev–Trinajstić information content (AvgIpc) is 2.80. The van der Waals surface area contributed by atoms with E-state index in [1.807, 2.05) is 6.07 Å². The summed E-state index contributed by atoms with van der Waals surface area (Å²) in [5, 5.41) is 3.36. The number of hydrogen-bond acceptors (Lipinski definition) is 4. The number of rotatable bonds is 6. The van der Waals surface area contributed by atoms with Crippen molar-refractivity contribution in [1.29, 1.82) is 0 Å². The van der Waals surface area contributed by atoms with Gasteiger partial charge in [-0.1, -0.05) is 20.3 Å². The molecule has 0 amide bonds. The molecule has 0 aliphatic carbocycles. The van der Waals surface area contributed by atoms with Gasteiger partial charge in [0, 0.05) is 10.9 Å². The molecule has 0 fully saturated rings. The predicted molar refractivity (Wildman–Crippen MR) is 78.8 cm³/mol. The standard InChI is InChI=1S/C13H20BrNO2S/c1-5-8(2)12(13(16)17-4)15-9(3)10-6-7-11(14)18-10/h6-9,12,15H,5H2,1-4H3. The molecule has 0 radical (unpaired) electrons. The van der Waals surface area contributed by atoms with Crippen molar-refractivity contribution in [2.45, 2.75) is 39.3 Å². The molecular formula is C13H20BrNO2S. The monoisotopic (exact) mass is 333 g/mol. The van der Waals surface area contributed by atoms with Crippen LogP contribution in [0.3, 0.4) is 0 Å². The normalized spacial score (nSPS) is 16.1. The van der Waals surface area contributed by atoms with E-state index in [4.69, 9.17) is 4.74 Å². The van der Waals surface area contributed by atoms with E-state index in [1.54, 1.807) is 11.3 Å². The third-order valence-electron chi connectivity index (χ3n) is 3.12. The second-order valence-corrected chi connectivity index (χ2v) is 6.91. The maximum Gasteiger partial charge on any atom is 0.323 e. The zero-order valence-electron chi connectivity index (χ0n) is 11.2. The van der Waals surface area contributed by atoms with Gasteiger partial charge in [-0.05, 0) is 40.9 Å². The molecule has 5 heteroatoms. The minimum absolute atomic E-state index is 0.138. The van der Waals surface area contributed by atoms with E-state index >= 15 is 0 Å². The summed E-state index contributed by atoms with van der Waals surface area (Å²) in [5.74, 6) is 0.0649. The number of hydrogen-bond donors (Lipinski definition) is 1. The van der Waals surface area contributed by atoms with Gasteiger partial charge in [0.25, 0.3) is 0 Å². The van der Waals surface area contributed by atoms with Crippen LogP contribution in [0, 0.1) is 5.92 Å². The summed E-state index contributed by atoms with van der Waals surface area (Å²) in [6, 6.07) is 3.97. The van der Waals surface area contributed by atoms with Crippen molar-refractivity contribution in [3.8, 4) is 0 Å². The zero-order valence-corrected chi connectivity index (χ0v) is 13.6. The van der Waals surface area contributed by atoms with Crippen molar-refractivity contribution in [2.24, 2.45) is 5.92 Å². The van der Waals surface area contributed by atoms with Gasteiger partial charge < -0.3 is 4.74 Å². The van der Waals surface area contributed by atoms with Gasteiger partial charge in [0.05, 0.1) is 10.9 Å². The second kappa shape index (κ2) is 7.26. The molecule has 1 aromatic rings. The van der Waals surface area contributed by atoms with Crippen LogP contribution in [0.15, 0.2) is 15.9 Å². The van der Waals surface area contributed by atoms with Gasteiger partial charge in [0.2, 0.25) is 0 Å². The minimum atomic E-state index is -0.254. The Kier molecular flexibility index (Phi) is 6.32. The molecule has 0 aliphatic heterocycles. The molecular weight excluding hydrogens is 314 g/mol. The molecule has 18 heavy (non-hydrogen) atoms. The molecule has 3 nitrogen and oxygen atoms in total. The topological polar surface area (TPSA) is 38.3 Å². The van der Waals surface area contributed by atoms with E-state index in [0.29, 0.717) is 0 Å². The number of halogens is 1. The van der Waals surface area contributed by atoms with Gasteiger partial charge in [-0.15, -0.1) is 11.3 Å². The number of carbonyl (C=O) groups is 1. The lowest BCUT2D eigenvalue weighted by Gasteiger charge is -2.25. The molecule has 102 valence electrons. The lowest BCUT2D eigenvalue weighted by Crippen LogP contribution is -2.43. The van der Waals surface area contributed by atoms with Crippen molar-refractivity contribution in [3.63, 3.8) is 0 Å². The Bertz CT molecular complexity index is 394. The van der Waals surface area contributed by atoms with E-state index in [-0.39, 0.29) is 24.0 Å². The van der Waals surface area contributed by atoms with E-state index in [2.05, 4.69) is 48.1 Å². The van der Waals surface area contributed by atoms with Crippen LogP contribution >= 0.6 is 27.3 Å². The Labute approximate surface area is 121 Å². The molecule has 1 N–H and O–H groups in total. The fourth-order valence-corrected chi connectivity index (χ4v) is 3.17. The predicted octanol–water partition coefficient (Wildman–Crippen LogP) is 3.75. The van der Waals surface area contributed by atoms with E-state index in [0.717, 1.165) is 10.2 Å². The third kappa shape index (κ3) is 4.07. The van der Waals surface area contributed by atoms with Gasteiger partial charge in [-0.2, -0.15) is 0 Å². The van der Waals surface area contributed by atoms with Crippen LogP contribution in [0.2, 0.25) is 0 Å². The molecule has 0 aliphatic rings. The lowest BCUT2D eigenvalue weighted by atomic mass is 9.98. The van der Waals surface area contributed by atoms with Gasteiger partial charge in [-0.3, -0.25) is 10.1 Å². The maximum absolute atomic E-state index is 11.8. The summed E-state index contributed by atoms with van der Waals surface area (Å²) in [6.45, 7) is 6.21. The highest BCUT2D eigenvalue weighted by molar-refractivity contribution is 9.11. The van der Waals surface area contributed by atoms with Crippen molar-refractivity contribution >= 4 is 33.2 Å². The first-order valence-corrected chi connectivity index (χ1v) is 7.69. The van der Waals surface area contributed by atoms with E-state index < -0.39 is 0 Å². The highest BCUT2D eigenvalue weighted by Gasteiger charge is 2.26. The van der Waals surface area contributed by atoms with Crippen molar-refractivity contribution < 1.29 is 9.53 Å². The summed E-state index contributed by atoms with van der Waals surface area (Å²) < 4.78 is 5.97. The van der Waals surface area contributed by atoms with Crippen molar-refractivity contribution in [1.82, 2.24) is 5.32 Å². The zero-order chi connectivity index (χ0) is 13.7. The van der Waals surface area contributed by atoms with Crippen LogP contribution in [-0.4, -0.2) is 19.1 Å². The second-order valence-electron chi connectivity index (χ2n) is 4.42. The molecule has 1 heterocycles. The van der Waals surface area contributed by atoms with E-state index in [1.165, 1.54) is 12.0 Å². The van der Waals surface area contributed by atoms with Gasteiger partial charge in [0.15, 0.2) is 0 Å². The first-order valence-electron chi connectivity index (χ1n) is 6.08. The Hall–Kier alpha value is -0.390. The highest BCUT2D eigenvalue weighted by Crippen LogP contribution is 2.28. The Morgan fingerprint density at radius 3 is 2.61 bits per heavy atom. The van der Waals surface area contributed by atoms with Crippen LogP contribution < -0.4 is 5.32 Å². The molecule has 0 saturated carbocycles. The van der Waals surface area contributed by atoms with Crippen molar-refractivity contribution in [3.05, 3.63) is 20.8 Å². The number of carbonyl (C=O) groups excluding carboxylic acids is 1. The number of methoxy groups -OCH3 is 1. The number of esters is 1. The number of nitrogens with one attached hydrogen (secondary N) is 1. The largest absolute Gasteiger partial charge is 0.468 e. The van der Waals surface area contributed by atoms with Crippen LogP contribution in [-0.2, 0) is 9.53 Å². The molecule has 0 aromatic carbocycles. The first-order chi connectivity index (χ1) is 8.49. The molecule has 0 spiro atoms. The molecule has 3 unspecified atom stereocenters.